The zero-order valence-corrected chi connectivity index (χ0v) is 18.6. The average Bonchev–Trinajstić information content (AvgIpc) is 2.59. The first-order valence-corrected chi connectivity index (χ1v) is 9.75. The van der Waals surface area contributed by atoms with Crippen LogP contribution in [-0.2, 0) is 14.4 Å². The summed E-state index contributed by atoms with van der Waals surface area (Å²) in [6, 6.07) is 5.01. The third-order valence-corrected chi connectivity index (χ3v) is 4.26. The fraction of sp³-hybridized carbons (Fsp3) is 0.476. The van der Waals surface area contributed by atoms with E-state index >= 15 is 0 Å². The highest BCUT2D eigenvalue weighted by molar-refractivity contribution is 6.31. The Morgan fingerprint density at radius 3 is 2.38 bits per heavy atom. The van der Waals surface area contributed by atoms with Crippen LogP contribution in [0.2, 0.25) is 5.02 Å². The molecule has 0 heterocycles. The summed E-state index contributed by atoms with van der Waals surface area (Å²) < 4.78 is 5.70. The van der Waals surface area contributed by atoms with Crippen LogP contribution in [0.1, 0.15) is 47.5 Å². The molecule has 1 rings (SSSR count). The lowest BCUT2D eigenvalue weighted by Gasteiger charge is -2.24. The zero-order chi connectivity index (χ0) is 22.2. The molecule has 0 atom stereocenters. The molecule has 0 spiro atoms. The average molecular weight is 424 g/mol. The summed E-state index contributed by atoms with van der Waals surface area (Å²) in [5.41, 5.74) is 0.579. The van der Waals surface area contributed by atoms with Crippen molar-refractivity contribution >= 4 is 35.4 Å². The van der Waals surface area contributed by atoms with Gasteiger partial charge < -0.3 is 20.7 Å². The van der Waals surface area contributed by atoms with Gasteiger partial charge in [0.25, 0.3) is 0 Å². The van der Waals surface area contributed by atoms with Crippen LogP contribution in [-0.4, -0.2) is 31.3 Å². The molecule has 3 N–H and O–H groups in total. The lowest BCUT2D eigenvalue weighted by atomic mass is 9.85. The standard InChI is InChI=1S/C21H30ClN3O4/c1-13(2)29-18-8-7-15(22)9-16(18)24-19(27)10-21(4,5)11-20(28)25-17(12-26)14(3)23-6/h7-9,12-13,23H,10-11H2,1-6H3,(H,24,27)(H,25,28)/b17-14+. The molecule has 0 aliphatic rings. The van der Waals surface area contributed by atoms with Gasteiger partial charge in [0, 0.05) is 30.6 Å². The summed E-state index contributed by atoms with van der Waals surface area (Å²) in [6.45, 7) is 9.08. The SMILES string of the molecule is CN/C(C)=C(\C=O)NC(=O)CC(C)(C)CC(=O)Nc1cc(Cl)ccc1OC(C)C. The molecule has 160 valence electrons. The Kier molecular flexibility index (Phi) is 9.17. The third-order valence-electron chi connectivity index (χ3n) is 4.03. The molecule has 0 fully saturated rings. The molecule has 2 amide bonds. The lowest BCUT2D eigenvalue weighted by Crippen LogP contribution is -2.32. The van der Waals surface area contributed by atoms with Gasteiger partial charge in [-0.1, -0.05) is 25.4 Å². The number of allylic oxidation sites excluding steroid dienone is 2. The van der Waals surface area contributed by atoms with Gasteiger partial charge in [0.15, 0.2) is 6.29 Å². The van der Waals surface area contributed by atoms with E-state index in [1.165, 1.54) is 0 Å². The number of carbonyl (C=O) groups excluding carboxylic acids is 3. The largest absolute Gasteiger partial charge is 0.489 e. The number of benzene rings is 1. The predicted molar refractivity (Wildman–Crippen MR) is 115 cm³/mol. The van der Waals surface area contributed by atoms with Crippen molar-refractivity contribution in [3.8, 4) is 5.75 Å². The Balaban J connectivity index is 2.79. The Hall–Kier alpha value is -2.54. The maximum Gasteiger partial charge on any atom is 0.225 e. The maximum absolute atomic E-state index is 12.6. The van der Waals surface area contributed by atoms with Gasteiger partial charge in [-0.15, -0.1) is 0 Å². The van der Waals surface area contributed by atoms with Crippen LogP contribution >= 0.6 is 11.6 Å². The van der Waals surface area contributed by atoms with Crippen LogP contribution in [0.4, 0.5) is 5.69 Å². The molecule has 7 nitrogen and oxygen atoms in total. The molecule has 1 aromatic rings. The fourth-order valence-corrected chi connectivity index (χ4v) is 2.80. The van der Waals surface area contributed by atoms with Crippen LogP contribution < -0.4 is 20.7 Å². The summed E-state index contributed by atoms with van der Waals surface area (Å²) in [7, 11) is 1.66. The molecule has 0 unspecified atom stereocenters. The first kappa shape index (κ1) is 24.5. The van der Waals surface area contributed by atoms with E-state index < -0.39 is 5.41 Å². The fourth-order valence-electron chi connectivity index (χ4n) is 2.62. The van der Waals surface area contributed by atoms with Crippen molar-refractivity contribution in [2.75, 3.05) is 12.4 Å². The van der Waals surface area contributed by atoms with Gasteiger partial charge in [0.05, 0.1) is 17.5 Å². The highest BCUT2D eigenvalue weighted by Crippen LogP contribution is 2.31. The first-order chi connectivity index (χ1) is 13.5. The van der Waals surface area contributed by atoms with Gasteiger partial charge in [-0.05, 0) is 44.4 Å². The lowest BCUT2D eigenvalue weighted by molar-refractivity contribution is -0.124. The second-order valence-corrected chi connectivity index (χ2v) is 8.26. The number of carbonyl (C=O) groups is 3. The molecule has 0 aromatic heterocycles. The van der Waals surface area contributed by atoms with E-state index in [1.807, 2.05) is 27.7 Å². The van der Waals surface area contributed by atoms with Gasteiger partial charge in [-0.25, -0.2) is 0 Å². The molecule has 29 heavy (non-hydrogen) atoms. The molecule has 0 saturated carbocycles. The monoisotopic (exact) mass is 423 g/mol. The summed E-state index contributed by atoms with van der Waals surface area (Å²) >= 11 is 6.04. The molecule has 0 aliphatic carbocycles. The number of ether oxygens (including phenoxy) is 1. The normalized spacial score (nSPS) is 12.1. The van der Waals surface area contributed by atoms with E-state index in [4.69, 9.17) is 16.3 Å². The minimum absolute atomic E-state index is 0.0619. The van der Waals surface area contributed by atoms with Crippen LogP contribution in [0.25, 0.3) is 0 Å². The van der Waals surface area contributed by atoms with Crippen molar-refractivity contribution < 1.29 is 19.1 Å². The Morgan fingerprint density at radius 2 is 1.83 bits per heavy atom. The molecule has 0 bridgehead atoms. The van der Waals surface area contributed by atoms with Crippen LogP contribution in [0.3, 0.4) is 0 Å². The van der Waals surface area contributed by atoms with Gasteiger partial charge in [0.2, 0.25) is 11.8 Å². The van der Waals surface area contributed by atoms with Gasteiger partial charge in [-0.3, -0.25) is 14.4 Å². The number of amides is 2. The van der Waals surface area contributed by atoms with Crippen molar-refractivity contribution in [2.45, 2.75) is 53.6 Å². The van der Waals surface area contributed by atoms with Crippen molar-refractivity contribution in [1.82, 2.24) is 10.6 Å². The topological polar surface area (TPSA) is 96.5 Å². The highest BCUT2D eigenvalue weighted by atomic mass is 35.5. The Morgan fingerprint density at radius 1 is 1.21 bits per heavy atom. The second-order valence-electron chi connectivity index (χ2n) is 7.83. The molecule has 8 heteroatoms. The quantitative estimate of drug-likeness (QED) is 0.394. The van der Waals surface area contributed by atoms with Crippen molar-refractivity contribution in [3.05, 3.63) is 34.6 Å². The Bertz CT molecular complexity index is 788. The summed E-state index contributed by atoms with van der Waals surface area (Å²) in [5, 5.41) is 8.67. The van der Waals surface area contributed by atoms with E-state index in [1.54, 1.807) is 32.2 Å². The van der Waals surface area contributed by atoms with Gasteiger partial charge >= 0.3 is 0 Å². The van der Waals surface area contributed by atoms with Crippen LogP contribution in [0.15, 0.2) is 29.6 Å². The zero-order valence-electron chi connectivity index (χ0n) is 17.8. The number of anilines is 1. The summed E-state index contributed by atoms with van der Waals surface area (Å²) in [5.74, 6) is -0.0843. The van der Waals surface area contributed by atoms with Gasteiger partial charge in [0.1, 0.15) is 5.75 Å². The number of rotatable bonds is 10. The number of hydrogen-bond donors (Lipinski definition) is 3. The highest BCUT2D eigenvalue weighted by Gasteiger charge is 2.26. The van der Waals surface area contributed by atoms with E-state index in [9.17, 15) is 14.4 Å². The van der Waals surface area contributed by atoms with Gasteiger partial charge in [-0.2, -0.15) is 0 Å². The number of hydrogen-bond acceptors (Lipinski definition) is 5. The van der Waals surface area contributed by atoms with Crippen molar-refractivity contribution in [1.29, 1.82) is 0 Å². The van der Waals surface area contributed by atoms with E-state index in [-0.39, 0.29) is 36.5 Å². The molecule has 0 aliphatic heterocycles. The Labute approximate surface area is 177 Å². The van der Waals surface area contributed by atoms with Crippen LogP contribution in [0, 0.1) is 5.41 Å². The molecule has 0 saturated heterocycles. The number of halogens is 1. The molecule has 1 aromatic carbocycles. The predicted octanol–water partition coefficient (Wildman–Crippen LogP) is 3.64. The maximum atomic E-state index is 12.6. The molecular formula is C21H30ClN3O4. The van der Waals surface area contributed by atoms with E-state index in [0.717, 1.165) is 0 Å². The van der Waals surface area contributed by atoms with Crippen molar-refractivity contribution in [2.24, 2.45) is 5.41 Å². The molecular weight excluding hydrogens is 394 g/mol. The molecule has 0 radical (unpaired) electrons. The minimum atomic E-state index is -0.632. The smallest absolute Gasteiger partial charge is 0.225 e. The minimum Gasteiger partial charge on any atom is -0.489 e. The number of nitrogens with one attached hydrogen (secondary N) is 3. The van der Waals surface area contributed by atoms with E-state index in [0.29, 0.717) is 28.4 Å². The summed E-state index contributed by atoms with van der Waals surface area (Å²) in [6.07, 6.45) is 0.686. The van der Waals surface area contributed by atoms with Crippen molar-refractivity contribution in [3.63, 3.8) is 0 Å². The first-order valence-electron chi connectivity index (χ1n) is 9.37. The summed E-state index contributed by atoms with van der Waals surface area (Å²) in [4.78, 5) is 36.0. The van der Waals surface area contributed by atoms with Crippen LogP contribution in [0.5, 0.6) is 5.75 Å². The third kappa shape index (κ3) is 8.56. The number of aldehydes is 1. The van der Waals surface area contributed by atoms with E-state index in [2.05, 4.69) is 16.0 Å². The second kappa shape index (κ2) is 10.9.